The summed E-state index contributed by atoms with van der Waals surface area (Å²) in [5, 5.41) is 0. The third-order valence-electron chi connectivity index (χ3n) is 4.18. The lowest BCUT2D eigenvalue weighted by molar-refractivity contribution is 0.248. The zero-order valence-electron chi connectivity index (χ0n) is 12.8. The van der Waals surface area contributed by atoms with E-state index in [-0.39, 0.29) is 0 Å². The second kappa shape index (κ2) is 6.22. The van der Waals surface area contributed by atoms with Gasteiger partial charge in [0.1, 0.15) is 5.82 Å². The number of anilines is 1. The topological polar surface area (TPSA) is 32.3 Å². The van der Waals surface area contributed by atoms with Crippen LogP contribution in [0.1, 0.15) is 16.7 Å². The van der Waals surface area contributed by atoms with Gasteiger partial charge in [0, 0.05) is 51.3 Å². The van der Waals surface area contributed by atoms with Crippen LogP contribution in [-0.2, 0) is 6.54 Å². The van der Waals surface area contributed by atoms with Crippen molar-refractivity contribution in [1.29, 1.82) is 0 Å². The molecule has 1 saturated heterocycles. The van der Waals surface area contributed by atoms with Gasteiger partial charge in [-0.25, -0.2) is 4.98 Å². The van der Waals surface area contributed by atoms with Gasteiger partial charge in [0.2, 0.25) is 0 Å². The summed E-state index contributed by atoms with van der Waals surface area (Å²) in [6.07, 6.45) is 5.72. The van der Waals surface area contributed by atoms with Crippen LogP contribution in [-0.4, -0.2) is 41.0 Å². The largest absolute Gasteiger partial charge is 0.354 e. The van der Waals surface area contributed by atoms with Gasteiger partial charge in [0.15, 0.2) is 0 Å². The quantitative estimate of drug-likeness (QED) is 0.865. The van der Waals surface area contributed by atoms with Crippen molar-refractivity contribution in [3.8, 4) is 0 Å². The highest BCUT2D eigenvalue weighted by Crippen LogP contribution is 2.19. The second-order valence-corrected chi connectivity index (χ2v) is 5.71. The van der Waals surface area contributed by atoms with E-state index in [0.29, 0.717) is 0 Å². The summed E-state index contributed by atoms with van der Waals surface area (Å²) in [4.78, 5) is 13.6. The van der Waals surface area contributed by atoms with Crippen molar-refractivity contribution >= 4 is 5.82 Å². The number of pyridine rings is 2. The van der Waals surface area contributed by atoms with E-state index in [9.17, 15) is 0 Å². The summed E-state index contributed by atoms with van der Waals surface area (Å²) in [6, 6.07) is 6.26. The molecule has 0 saturated carbocycles. The van der Waals surface area contributed by atoms with Gasteiger partial charge in [-0.15, -0.1) is 0 Å². The summed E-state index contributed by atoms with van der Waals surface area (Å²) in [5.74, 6) is 1.14. The molecule has 0 aliphatic carbocycles. The van der Waals surface area contributed by atoms with Crippen LogP contribution in [0.4, 0.5) is 5.82 Å². The third kappa shape index (κ3) is 3.22. The van der Waals surface area contributed by atoms with Crippen LogP contribution in [0.15, 0.2) is 36.8 Å². The summed E-state index contributed by atoms with van der Waals surface area (Å²) in [7, 11) is 0. The molecule has 21 heavy (non-hydrogen) atoms. The van der Waals surface area contributed by atoms with Gasteiger partial charge in [0.05, 0.1) is 0 Å². The van der Waals surface area contributed by atoms with Gasteiger partial charge < -0.3 is 4.90 Å². The molecule has 1 aliphatic heterocycles. The van der Waals surface area contributed by atoms with Crippen LogP contribution < -0.4 is 4.90 Å². The minimum atomic E-state index is 1.02. The van der Waals surface area contributed by atoms with Crippen LogP contribution in [0.25, 0.3) is 0 Å². The molecule has 0 unspecified atom stereocenters. The standard InChI is InChI=1S/C17H22N4/c1-14-4-3-6-19-17(14)21-10-8-20(9-11-21)13-16-5-7-18-12-15(16)2/h3-7,12H,8-11,13H2,1-2H3. The van der Waals surface area contributed by atoms with Crippen molar-refractivity contribution in [2.45, 2.75) is 20.4 Å². The predicted molar refractivity (Wildman–Crippen MR) is 85.4 cm³/mol. The van der Waals surface area contributed by atoms with Gasteiger partial charge in [-0.3, -0.25) is 9.88 Å². The average Bonchev–Trinajstić information content (AvgIpc) is 2.51. The van der Waals surface area contributed by atoms with Crippen LogP contribution >= 0.6 is 0 Å². The van der Waals surface area contributed by atoms with Crippen molar-refractivity contribution in [2.75, 3.05) is 31.1 Å². The Balaban J connectivity index is 1.61. The predicted octanol–water partition coefficient (Wildman–Crippen LogP) is 2.42. The molecule has 0 aromatic carbocycles. The van der Waals surface area contributed by atoms with E-state index in [1.165, 1.54) is 16.7 Å². The molecule has 3 rings (SSSR count). The molecule has 2 aromatic heterocycles. The zero-order valence-corrected chi connectivity index (χ0v) is 12.8. The van der Waals surface area contributed by atoms with E-state index in [2.05, 4.69) is 45.7 Å². The smallest absolute Gasteiger partial charge is 0.131 e. The maximum Gasteiger partial charge on any atom is 0.131 e. The lowest BCUT2D eigenvalue weighted by Gasteiger charge is -2.36. The second-order valence-electron chi connectivity index (χ2n) is 5.71. The number of hydrogen-bond acceptors (Lipinski definition) is 4. The molecule has 4 heteroatoms. The van der Waals surface area contributed by atoms with Crippen molar-refractivity contribution in [3.05, 3.63) is 53.5 Å². The van der Waals surface area contributed by atoms with E-state index in [0.717, 1.165) is 38.5 Å². The van der Waals surface area contributed by atoms with Crippen LogP contribution in [0, 0.1) is 13.8 Å². The lowest BCUT2D eigenvalue weighted by atomic mass is 10.1. The summed E-state index contributed by atoms with van der Waals surface area (Å²) in [6.45, 7) is 9.54. The van der Waals surface area contributed by atoms with Crippen molar-refractivity contribution in [2.24, 2.45) is 0 Å². The molecule has 0 radical (unpaired) electrons. The SMILES string of the molecule is Cc1cnccc1CN1CCN(c2ncccc2C)CC1. The maximum atomic E-state index is 4.52. The first kappa shape index (κ1) is 14.0. The summed E-state index contributed by atoms with van der Waals surface area (Å²) in [5.41, 5.74) is 3.92. The molecular weight excluding hydrogens is 260 g/mol. The highest BCUT2D eigenvalue weighted by atomic mass is 15.3. The Morgan fingerprint density at radius 2 is 1.81 bits per heavy atom. The highest BCUT2D eigenvalue weighted by Gasteiger charge is 2.19. The molecule has 1 aliphatic rings. The van der Waals surface area contributed by atoms with E-state index in [1.807, 2.05) is 24.7 Å². The first-order chi connectivity index (χ1) is 10.2. The number of aromatic nitrogens is 2. The van der Waals surface area contributed by atoms with E-state index < -0.39 is 0 Å². The molecule has 0 bridgehead atoms. The third-order valence-corrected chi connectivity index (χ3v) is 4.18. The number of nitrogens with zero attached hydrogens (tertiary/aromatic N) is 4. The van der Waals surface area contributed by atoms with Crippen molar-refractivity contribution < 1.29 is 0 Å². The highest BCUT2D eigenvalue weighted by molar-refractivity contribution is 5.46. The zero-order chi connectivity index (χ0) is 14.7. The number of rotatable bonds is 3. The van der Waals surface area contributed by atoms with Gasteiger partial charge >= 0.3 is 0 Å². The first-order valence-electron chi connectivity index (χ1n) is 7.52. The molecule has 0 atom stereocenters. The minimum Gasteiger partial charge on any atom is -0.354 e. The van der Waals surface area contributed by atoms with E-state index >= 15 is 0 Å². The molecule has 4 nitrogen and oxygen atoms in total. The normalized spacial score (nSPS) is 16.2. The average molecular weight is 282 g/mol. The van der Waals surface area contributed by atoms with Gasteiger partial charge in [-0.1, -0.05) is 6.07 Å². The number of hydrogen-bond donors (Lipinski definition) is 0. The molecule has 3 heterocycles. The lowest BCUT2D eigenvalue weighted by Crippen LogP contribution is -2.46. The van der Waals surface area contributed by atoms with Gasteiger partial charge in [-0.2, -0.15) is 0 Å². The monoisotopic (exact) mass is 282 g/mol. The Bertz CT molecular complexity index is 603. The van der Waals surface area contributed by atoms with Crippen LogP contribution in [0.3, 0.4) is 0 Å². The Morgan fingerprint density at radius 1 is 1.00 bits per heavy atom. The molecular formula is C17H22N4. The van der Waals surface area contributed by atoms with E-state index in [1.54, 1.807) is 0 Å². The first-order valence-corrected chi connectivity index (χ1v) is 7.52. The van der Waals surface area contributed by atoms with Crippen LogP contribution in [0.2, 0.25) is 0 Å². The van der Waals surface area contributed by atoms with Crippen LogP contribution in [0.5, 0.6) is 0 Å². The van der Waals surface area contributed by atoms with E-state index in [4.69, 9.17) is 0 Å². The summed E-state index contributed by atoms with van der Waals surface area (Å²) >= 11 is 0. The Kier molecular flexibility index (Phi) is 4.15. The summed E-state index contributed by atoms with van der Waals surface area (Å²) < 4.78 is 0. The van der Waals surface area contributed by atoms with Gasteiger partial charge in [0.25, 0.3) is 0 Å². The molecule has 0 spiro atoms. The fourth-order valence-corrected chi connectivity index (χ4v) is 2.85. The maximum absolute atomic E-state index is 4.52. The fraction of sp³-hybridized carbons (Fsp3) is 0.412. The minimum absolute atomic E-state index is 1.02. The molecule has 2 aromatic rings. The number of aryl methyl sites for hydroxylation is 2. The number of piperazine rings is 1. The molecule has 1 fully saturated rings. The molecule has 0 amide bonds. The molecule has 0 N–H and O–H groups in total. The molecule has 110 valence electrons. The Labute approximate surface area is 126 Å². The van der Waals surface area contributed by atoms with Gasteiger partial charge in [-0.05, 0) is 42.7 Å². The van der Waals surface area contributed by atoms with Crippen molar-refractivity contribution in [1.82, 2.24) is 14.9 Å². The van der Waals surface area contributed by atoms with Crippen molar-refractivity contribution in [3.63, 3.8) is 0 Å². The fourth-order valence-electron chi connectivity index (χ4n) is 2.85. The Hall–Kier alpha value is -1.94. The Morgan fingerprint density at radius 3 is 2.52 bits per heavy atom.